The quantitative estimate of drug-likeness (QED) is 0.830. The molecule has 2 rings (SSSR count). The third kappa shape index (κ3) is 2.67. The van der Waals surface area contributed by atoms with E-state index in [-0.39, 0.29) is 6.04 Å². The van der Waals surface area contributed by atoms with Crippen molar-refractivity contribution in [3.63, 3.8) is 0 Å². The molecule has 0 aliphatic heterocycles. The third-order valence-electron chi connectivity index (χ3n) is 2.71. The highest BCUT2D eigenvalue weighted by atomic mass is 79.9. The van der Waals surface area contributed by atoms with E-state index in [1.54, 1.807) is 11.3 Å². The molecule has 2 aromatic heterocycles. The van der Waals surface area contributed by atoms with Crippen molar-refractivity contribution in [2.45, 2.75) is 19.9 Å². The summed E-state index contributed by atoms with van der Waals surface area (Å²) in [6.45, 7) is 4.06. The van der Waals surface area contributed by atoms with Gasteiger partial charge >= 0.3 is 0 Å². The van der Waals surface area contributed by atoms with Crippen LogP contribution in [0.3, 0.4) is 0 Å². The van der Waals surface area contributed by atoms with Gasteiger partial charge in [-0.3, -0.25) is 0 Å². The van der Waals surface area contributed by atoms with Gasteiger partial charge in [0, 0.05) is 9.35 Å². The second-order valence-electron chi connectivity index (χ2n) is 3.88. The van der Waals surface area contributed by atoms with Gasteiger partial charge in [-0.2, -0.15) is 0 Å². The molecule has 1 N–H and O–H groups in total. The van der Waals surface area contributed by atoms with Crippen molar-refractivity contribution >= 4 is 43.2 Å². The number of aryl methyl sites for hydroxylation is 2. The summed E-state index contributed by atoms with van der Waals surface area (Å²) in [4.78, 5) is 1.22. The Balaban J connectivity index is 2.39. The Morgan fingerprint density at radius 2 is 2.00 bits per heavy atom. The summed E-state index contributed by atoms with van der Waals surface area (Å²) in [7, 11) is 1.94. The highest BCUT2D eigenvalue weighted by molar-refractivity contribution is 9.13. The molecule has 0 aromatic carbocycles. The van der Waals surface area contributed by atoms with E-state index < -0.39 is 0 Å². The predicted molar refractivity (Wildman–Crippen MR) is 78.8 cm³/mol. The van der Waals surface area contributed by atoms with Crippen molar-refractivity contribution in [1.29, 1.82) is 0 Å². The minimum absolute atomic E-state index is 0.106. The summed E-state index contributed by atoms with van der Waals surface area (Å²) in [5, 5.41) is 3.29. The van der Waals surface area contributed by atoms with Crippen molar-refractivity contribution < 1.29 is 4.42 Å². The number of halogens is 2. The molecule has 2 aromatic rings. The molecule has 0 aliphatic carbocycles. The van der Waals surface area contributed by atoms with E-state index in [0.29, 0.717) is 0 Å². The molecule has 17 heavy (non-hydrogen) atoms. The maximum atomic E-state index is 5.78. The van der Waals surface area contributed by atoms with Gasteiger partial charge in [-0.1, -0.05) is 0 Å². The van der Waals surface area contributed by atoms with Crippen molar-refractivity contribution in [3.05, 3.63) is 42.4 Å². The first-order chi connectivity index (χ1) is 8.02. The Morgan fingerprint density at radius 1 is 1.29 bits per heavy atom. The summed E-state index contributed by atoms with van der Waals surface area (Å²) < 4.78 is 7.97. The normalized spacial score (nSPS) is 13.0. The molecule has 0 spiro atoms. The second kappa shape index (κ2) is 5.26. The number of nitrogens with one attached hydrogen (secondary N) is 1. The summed E-state index contributed by atoms with van der Waals surface area (Å²) in [5.74, 6) is 1.94. The van der Waals surface area contributed by atoms with E-state index in [4.69, 9.17) is 4.42 Å². The Morgan fingerprint density at radius 3 is 2.41 bits per heavy atom. The summed E-state index contributed by atoms with van der Waals surface area (Å²) in [6.07, 6.45) is 0. The SMILES string of the molecule is CNC(c1cc(C)c(C)o1)c1cc(Br)c(Br)s1. The van der Waals surface area contributed by atoms with Crippen LogP contribution in [0, 0.1) is 13.8 Å². The van der Waals surface area contributed by atoms with E-state index in [1.165, 1.54) is 10.4 Å². The maximum Gasteiger partial charge on any atom is 0.126 e. The molecule has 5 heteroatoms. The van der Waals surface area contributed by atoms with Crippen LogP contribution >= 0.6 is 43.2 Å². The third-order valence-corrected chi connectivity index (χ3v) is 6.03. The van der Waals surface area contributed by atoms with Crippen LogP contribution in [0.2, 0.25) is 0 Å². The van der Waals surface area contributed by atoms with E-state index in [0.717, 1.165) is 19.8 Å². The lowest BCUT2D eigenvalue weighted by atomic mass is 10.1. The van der Waals surface area contributed by atoms with Crippen LogP contribution in [0.5, 0.6) is 0 Å². The molecule has 1 atom stereocenters. The smallest absolute Gasteiger partial charge is 0.126 e. The standard InChI is InChI=1S/C12H13Br2NOS/c1-6-4-9(16-7(6)2)11(15-3)10-5-8(13)12(14)17-10/h4-5,11,15H,1-3H3. The zero-order chi connectivity index (χ0) is 12.6. The molecule has 0 saturated heterocycles. The fourth-order valence-corrected chi connectivity index (χ4v) is 3.88. The van der Waals surface area contributed by atoms with Gasteiger partial charge < -0.3 is 9.73 Å². The molecule has 0 amide bonds. The molecular formula is C12H13Br2NOS. The summed E-state index contributed by atoms with van der Waals surface area (Å²) in [6, 6.07) is 4.32. The zero-order valence-electron chi connectivity index (χ0n) is 9.80. The summed E-state index contributed by atoms with van der Waals surface area (Å²) >= 11 is 8.73. The Hall–Kier alpha value is -0.1000. The van der Waals surface area contributed by atoms with Gasteiger partial charge in [-0.05, 0) is 70.5 Å². The molecular weight excluding hydrogens is 366 g/mol. The van der Waals surface area contributed by atoms with Crippen LogP contribution in [0.15, 0.2) is 24.8 Å². The first kappa shape index (κ1) is 13.3. The van der Waals surface area contributed by atoms with Gasteiger partial charge in [0.2, 0.25) is 0 Å². The number of hydrogen-bond acceptors (Lipinski definition) is 3. The first-order valence-corrected chi connectivity index (χ1v) is 7.62. The lowest BCUT2D eigenvalue weighted by Crippen LogP contribution is -2.15. The Labute approximate surface area is 122 Å². The lowest BCUT2D eigenvalue weighted by molar-refractivity contribution is 0.445. The molecule has 0 bridgehead atoms. The lowest BCUT2D eigenvalue weighted by Gasteiger charge is -2.11. The first-order valence-electron chi connectivity index (χ1n) is 5.22. The fourth-order valence-electron chi connectivity index (χ4n) is 1.67. The molecule has 0 aliphatic rings. The largest absolute Gasteiger partial charge is 0.464 e. The summed E-state index contributed by atoms with van der Waals surface area (Å²) in [5.41, 5.74) is 1.19. The van der Waals surface area contributed by atoms with Crippen molar-refractivity contribution in [3.8, 4) is 0 Å². The van der Waals surface area contributed by atoms with Crippen LogP contribution in [0.4, 0.5) is 0 Å². The van der Waals surface area contributed by atoms with Crippen LogP contribution in [0.1, 0.15) is 28.0 Å². The van der Waals surface area contributed by atoms with Crippen LogP contribution < -0.4 is 5.32 Å². The minimum atomic E-state index is 0.106. The average molecular weight is 379 g/mol. The van der Waals surface area contributed by atoms with E-state index in [1.807, 2.05) is 14.0 Å². The van der Waals surface area contributed by atoms with E-state index >= 15 is 0 Å². The highest BCUT2D eigenvalue weighted by Gasteiger charge is 2.20. The topological polar surface area (TPSA) is 25.2 Å². The van der Waals surface area contributed by atoms with Crippen LogP contribution in [-0.2, 0) is 0 Å². The Kier molecular flexibility index (Phi) is 4.13. The molecule has 2 heterocycles. The number of hydrogen-bond donors (Lipinski definition) is 1. The molecule has 0 fully saturated rings. The molecule has 0 radical (unpaired) electrons. The minimum Gasteiger partial charge on any atom is -0.464 e. The average Bonchev–Trinajstić information content (AvgIpc) is 2.75. The molecule has 0 saturated carbocycles. The molecule has 2 nitrogen and oxygen atoms in total. The highest BCUT2D eigenvalue weighted by Crippen LogP contribution is 2.38. The van der Waals surface area contributed by atoms with Crippen molar-refractivity contribution in [2.24, 2.45) is 0 Å². The zero-order valence-corrected chi connectivity index (χ0v) is 13.8. The molecule has 1 unspecified atom stereocenters. The second-order valence-corrected chi connectivity index (χ2v) is 7.14. The van der Waals surface area contributed by atoms with Gasteiger partial charge in [0.05, 0.1) is 3.79 Å². The number of rotatable bonds is 3. The van der Waals surface area contributed by atoms with Gasteiger partial charge in [0.15, 0.2) is 0 Å². The van der Waals surface area contributed by atoms with Crippen LogP contribution in [0.25, 0.3) is 0 Å². The number of thiophene rings is 1. The predicted octanol–water partition coefficient (Wildman–Crippen LogP) is 4.79. The number of furan rings is 1. The van der Waals surface area contributed by atoms with Crippen LogP contribution in [-0.4, -0.2) is 7.05 Å². The maximum absolute atomic E-state index is 5.78. The molecule has 92 valence electrons. The van der Waals surface area contributed by atoms with Crippen molar-refractivity contribution in [1.82, 2.24) is 5.32 Å². The van der Waals surface area contributed by atoms with Crippen molar-refractivity contribution in [2.75, 3.05) is 7.05 Å². The van der Waals surface area contributed by atoms with Gasteiger partial charge in [-0.15, -0.1) is 11.3 Å². The van der Waals surface area contributed by atoms with Gasteiger partial charge in [-0.25, -0.2) is 0 Å². The van der Waals surface area contributed by atoms with Gasteiger partial charge in [0.25, 0.3) is 0 Å². The van der Waals surface area contributed by atoms with Gasteiger partial charge in [0.1, 0.15) is 17.6 Å². The Bertz CT molecular complexity index is 447. The van der Waals surface area contributed by atoms with E-state index in [2.05, 4.69) is 56.2 Å². The van der Waals surface area contributed by atoms with E-state index in [9.17, 15) is 0 Å². The fraction of sp³-hybridized carbons (Fsp3) is 0.333. The monoisotopic (exact) mass is 377 g/mol.